The zero-order chi connectivity index (χ0) is 15.8. The maximum absolute atomic E-state index is 11.4. The molecule has 0 aromatic heterocycles. The van der Waals surface area contributed by atoms with Crippen molar-refractivity contribution in [2.24, 2.45) is 0 Å². The van der Waals surface area contributed by atoms with Gasteiger partial charge in [0.25, 0.3) is 0 Å². The van der Waals surface area contributed by atoms with Crippen LogP contribution < -0.4 is 9.47 Å². The van der Waals surface area contributed by atoms with Gasteiger partial charge in [0.15, 0.2) is 17.3 Å². The SMILES string of the molecule is COc1cc(C(C)=O)ccc1OCCCCN1CCCCC1. The first-order valence-corrected chi connectivity index (χ1v) is 8.25. The van der Waals surface area contributed by atoms with E-state index in [1.807, 2.05) is 6.07 Å². The van der Waals surface area contributed by atoms with Gasteiger partial charge in [-0.15, -0.1) is 0 Å². The number of ether oxygens (including phenoxy) is 2. The van der Waals surface area contributed by atoms with E-state index in [4.69, 9.17) is 9.47 Å². The number of methoxy groups -OCH3 is 1. The molecule has 22 heavy (non-hydrogen) atoms. The van der Waals surface area contributed by atoms with E-state index >= 15 is 0 Å². The molecule has 0 bridgehead atoms. The lowest BCUT2D eigenvalue weighted by molar-refractivity contribution is 0.101. The number of carbonyl (C=O) groups is 1. The van der Waals surface area contributed by atoms with Crippen LogP contribution in [0, 0.1) is 0 Å². The Labute approximate surface area is 133 Å². The standard InChI is InChI=1S/C18H27NO3/c1-15(20)16-8-9-17(18(14-16)21-2)22-13-7-6-12-19-10-4-3-5-11-19/h8-9,14H,3-7,10-13H2,1-2H3. The van der Waals surface area contributed by atoms with Gasteiger partial charge in [0.05, 0.1) is 13.7 Å². The lowest BCUT2D eigenvalue weighted by Crippen LogP contribution is -2.30. The highest BCUT2D eigenvalue weighted by Gasteiger charge is 2.10. The second-order valence-electron chi connectivity index (χ2n) is 5.88. The van der Waals surface area contributed by atoms with Gasteiger partial charge in [0.1, 0.15) is 0 Å². The van der Waals surface area contributed by atoms with Crippen molar-refractivity contribution in [1.29, 1.82) is 0 Å². The predicted molar refractivity (Wildman–Crippen MR) is 88.0 cm³/mol. The first kappa shape index (κ1) is 16.8. The minimum atomic E-state index is 0.0337. The lowest BCUT2D eigenvalue weighted by atomic mass is 10.1. The molecule has 4 heteroatoms. The minimum absolute atomic E-state index is 0.0337. The van der Waals surface area contributed by atoms with Crippen molar-refractivity contribution in [3.05, 3.63) is 23.8 Å². The highest BCUT2D eigenvalue weighted by atomic mass is 16.5. The number of benzene rings is 1. The van der Waals surface area contributed by atoms with Crippen LogP contribution in [0.15, 0.2) is 18.2 Å². The van der Waals surface area contributed by atoms with Gasteiger partial charge in [-0.1, -0.05) is 6.42 Å². The Bertz CT molecular complexity index is 481. The van der Waals surface area contributed by atoms with Crippen molar-refractivity contribution in [2.75, 3.05) is 33.4 Å². The van der Waals surface area contributed by atoms with Gasteiger partial charge in [-0.3, -0.25) is 4.79 Å². The van der Waals surface area contributed by atoms with E-state index in [9.17, 15) is 4.79 Å². The summed E-state index contributed by atoms with van der Waals surface area (Å²) in [5, 5.41) is 0. The van der Waals surface area contributed by atoms with Gasteiger partial charge in [-0.05, 0) is 70.4 Å². The fourth-order valence-electron chi connectivity index (χ4n) is 2.81. The maximum atomic E-state index is 11.4. The molecule has 1 aromatic rings. The monoisotopic (exact) mass is 305 g/mol. The smallest absolute Gasteiger partial charge is 0.161 e. The molecule has 1 heterocycles. The quantitative estimate of drug-likeness (QED) is 0.544. The summed E-state index contributed by atoms with van der Waals surface area (Å²) in [6.07, 6.45) is 6.27. The molecule has 0 saturated carbocycles. The number of likely N-dealkylation sites (tertiary alicyclic amines) is 1. The van der Waals surface area contributed by atoms with E-state index in [1.54, 1.807) is 26.2 Å². The predicted octanol–water partition coefficient (Wildman–Crippen LogP) is 3.54. The summed E-state index contributed by atoms with van der Waals surface area (Å²) in [5.74, 6) is 1.38. The van der Waals surface area contributed by atoms with Crippen molar-refractivity contribution >= 4 is 5.78 Å². The van der Waals surface area contributed by atoms with Crippen LogP contribution in [0.25, 0.3) is 0 Å². The number of piperidine rings is 1. The summed E-state index contributed by atoms with van der Waals surface area (Å²) in [4.78, 5) is 13.9. The van der Waals surface area contributed by atoms with Crippen LogP contribution in [0.3, 0.4) is 0 Å². The first-order valence-electron chi connectivity index (χ1n) is 8.25. The molecular weight excluding hydrogens is 278 g/mol. The third-order valence-electron chi connectivity index (χ3n) is 4.15. The van der Waals surface area contributed by atoms with E-state index in [1.165, 1.54) is 38.9 Å². The Morgan fingerprint density at radius 1 is 1.14 bits per heavy atom. The second-order valence-corrected chi connectivity index (χ2v) is 5.88. The summed E-state index contributed by atoms with van der Waals surface area (Å²) in [7, 11) is 1.60. The zero-order valence-corrected chi connectivity index (χ0v) is 13.8. The Morgan fingerprint density at radius 2 is 1.91 bits per heavy atom. The zero-order valence-electron chi connectivity index (χ0n) is 13.8. The van der Waals surface area contributed by atoms with Gasteiger partial charge >= 0.3 is 0 Å². The molecule has 1 aromatic carbocycles. The number of hydrogen-bond donors (Lipinski definition) is 0. The molecule has 122 valence electrons. The minimum Gasteiger partial charge on any atom is -0.493 e. The number of ketones is 1. The summed E-state index contributed by atoms with van der Waals surface area (Å²) < 4.78 is 11.1. The van der Waals surface area contributed by atoms with Gasteiger partial charge < -0.3 is 14.4 Å². The van der Waals surface area contributed by atoms with Crippen LogP contribution in [-0.4, -0.2) is 44.0 Å². The molecule has 0 aliphatic carbocycles. The lowest BCUT2D eigenvalue weighted by Gasteiger charge is -2.26. The number of rotatable bonds is 8. The van der Waals surface area contributed by atoms with E-state index in [2.05, 4.69) is 4.90 Å². The molecule has 2 rings (SSSR count). The van der Waals surface area contributed by atoms with E-state index in [0.717, 1.165) is 12.8 Å². The molecule has 4 nitrogen and oxygen atoms in total. The summed E-state index contributed by atoms with van der Waals surface area (Å²) in [5.41, 5.74) is 0.647. The first-order chi connectivity index (χ1) is 10.7. The van der Waals surface area contributed by atoms with Gasteiger partial charge in [0.2, 0.25) is 0 Å². The maximum Gasteiger partial charge on any atom is 0.161 e. The highest BCUT2D eigenvalue weighted by molar-refractivity contribution is 5.94. The van der Waals surface area contributed by atoms with Crippen molar-refractivity contribution in [3.63, 3.8) is 0 Å². The number of unbranched alkanes of at least 4 members (excludes halogenated alkanes) is 1. The van der Waals surface area contributed by atoms with Crippen molar-refractivity contribution in [2.45, 2.75) is 39.0 Å². The van der Waals surface area contributed by atoms with Crippen molar-refractivity contribution < 1.29 is 14.3 Å². The van der Waals surface area contributed by atoms with Crippen molar-refractivity contribution in [3.8, 4) is 11.5 Å². The van der Waals surface area contributed by atoms with E-state index in [-0.39, 0.29) is 5.78 Å². The fourth-order valence-corrected chi connectivity index (χ4v) is 2.81. The molecular formula is C18H27NO3. The molecule has 1 saturated heterocycles. The number of nitrogens with zero attached hydrogens (tertiary/aromatic N) is 1. The molecule has 1 fully saturated rings. The van der Waals surface area contributed by atoms with Crippen LogP contribution in [0.5, 0.6) is 11.5 Å². The fraction of sp³-hybridized carbons (Fsp3) is 0.611. The molecule has 0 N–H and O–H groups in total. The van der Waals surface area contributed by atoms with E-state index < -0.39 is 0 Å². The number of Topliss-reactive ketones (excluding diaryl/α,β-unsaturated/α-hetero) is 1. The second kappa shape index (κ2) is 8.79. The van der Waals surface area contributed by atoms with Crippen LogP contribution in [-0.2, 0) is 0 Å². The molecule has 0 unspecified atom stereocenters. The molecule has 1 aliphatic heterocycles. The van der Waals surface area contributed by atoms with Crippen LogP contribution in [0.4, 0.5) is 0 Å². The van der Waals surface area contributed by atoms with Gasteiger partial charge in [0, 0.05) is 5.56 Å². The Hall–Kier alpha value is -1.55. The highest BCUT2D eigenvalue weighted by Crippen LogP contribution is 2.28. The van der Waals surface area contributed by atoms with Crippen LogP contribution in [0.1, 0.15) is 49.4 Å². The third-order valence-corrected chi connectivity index (χ3v) is 4.15. The summed E-state index contributed by atoms with van der Waals surface area (Å²) in [6.45, 7) is 5.91. The average Bonchev–Trinajstić information content (AvgIpc) is 2.55. The number of hydrogen-bond acceptors (Lipinski definition) is 4. The largest absolute Gasteiger partial charge is 0.493 e. The Balaban J connectivity index is 1.73. The normalized spacial score (nSPS) is 15.5. The van der Waals surface area contributed by atoms with Crippen LogP contribution in [0.2, 0.25) is 0 Å². The summed E-state index contributed by atoms with van der Waals surface area (Å²) >= 11 is 0. The van der Waals surface area contributed by atoms with E-state index in [0.29, 0.717) is 23.7 Å². The molecule has 1 aliphatic rings. The Kier molecular flexibility index (Phi) is 6.72. The molecule has 0 atom stereocenters. The van der Waals surface area contributed by atoms with Crippen molar-refractivity contribution in [1.82, 2.24) is 4.90 Å². The molecule has 0 radical (unpaired) electrons. The Morgan fingerprint density at radius 3 is 2.59 bits per heavy atom. The average molecular weight is 305 g/mol. The molecule has 0 amide bonds. The third kappa shape index (κ3) is 5.02. The van der Waals surface area contributed by atoms with Gasteiger partial charge in [-0.2, -0.15) is 0 Å². The van der Waals surface area contributed by atoms with Gasteiger partial charge in [-0.25, -0.2) is 0 Å². The molecule has 0 spiro atoms. The van der Waals surface area contributed by atoms with Crippen LogP contribution >= 0.6 is 0 Å². The summed E-state index contributed by atoms with van der Waals surface area (Å²) in [6, 6.07) is 5.35. The topological polar surface area (TPSA) is 38.8 Å². The number of carbonyl (C=O) groups excluding carboxylic acids is 1.